The van der Waals surface area contributed by atoms with Gasteiger partial charge < -0.3 is 4.57 Å². The molecule has 3 aromatic rings. The van der Waals surface area contributed by atoms with Crippen LogP contribution >= 0.6 is 11.3 Å². The van der Waals surface area contributed by atoms with Crippen LogP contribution in [0.15, 0.2) is 42.0 Å². The van der Waals surface area contributed by atoms with Crippen molar-refractivity contribution >= 4 is 17.1 Å². The molecule has 0 aliphatic rings. The maximum Gasteiger partial charge on any atom is 0.186 e. The molecular weight excluding hydrogens is 294 g/mol. The van der Waals surface area contributed by atoms with Crippen molar-refractivity contribution in [1.29, 1.82) is 0 Å². The topological polar surface area (TPSA) is 39.8 Å². The van der Waals surface area contributed by atoms with Crippen molar-refractivity contribution in [1.82, 2.24) is 14.3 Å². The van der Waals surface area contributed by atoms with Crippen LogP contribution in [-0.2, 0) is 19.5 Å². The minimum absolute atomic E-state index is 0.110. The Kier molecular flexibility index (Phi) is 4.24. The molecule has 0 unspecified atom stereocenters. The van der Waals surface area contributed by atoms with Gasteiger partial charge in [-0.25, -0.2) is 0 Å². The number of aromatic nitrogens is 3. The number of thiophene rings is 1. The van der Waals surface area contributed by atoms with Crippen molar-refractivity contribution in [3.05, 3.63) is 63.9 Å². The first-order chi connectivity index (χ1) is 10.6. The summed E-state index contributed by atoms with van der Waals surface area (Å²) in [5.74, 6) is 0.110. The molecular formula is C17H19N3OS. The molecule has 3 aromatic heterocycles. The zero-order valence-corrected chi connectivity index (χ0v) is 13.6. The van der Waals surface area contributed by atoms with Gasteiger partial charge in [0.25, 0.3) is 0 Å². The second-order valence-corrected chi connectivity index (χ2v) is 6.42. The van der Waals surface area contributed by atoms with E-state index in [1.807, 2.05) is 25.3 Å². The van der Waals surface area contributed by atoms with E-state index >= 15 is 0 Å². The van der Waals surface area contributed by atoms with Crippen molar-refractivity contribution < 1.29 is 4.79 Å². The largest absolute Gasteiger partial charge is 0.348 e. The summed E-state index contributed by atoms with van der Waals surface area (Å²) in [7, 11) is 0. The molecule has 0 spiro atoms. The Labute approximate surface area is 134 Å². The highest BCUT2D eigenvalue weighted by molar-refractivity contribution is 7.09. The van der Waals surface area contributed by atoms with Crippen molar-refractivity contribution in [2.75, 3.05) is 0 Å². The van der Waals surface area contributed by atoms with E-state index in [9.17, 15) is 4.79 Å². The monoisotopic (exact) mass is 313 g/mol. The molecule has 114 valence electrons. The summed E-state index contributed by atoms with van der Waals surface area (Å²) in [5.41, 5.74) is 2.99. The van der Waals surface area contributed by atoms with Gasteiger partial charge in [-0.15, -0.1) is 11.3 Å². The minimum atomic E-state index is 0.110. The molecule has 0 saturated heterocycles. The molecule has 0 atom stereocenters. The molecule has 0 bridgehead atoms. The van der Waals surface area contributed by atoms with Gasteiger partial charge in [0.2, 0.25) is 0 Å². The lowest BCUT2D eigenvalue weighted by molar-refractivity contribution is 0.0967. The molecule has 0 N–H and O–H groups in total. The van der Waals surface area contributed by atoms with Gasteiger partial charge in [-0.1, -0.05) is 6.07 Å². The normalized spacial score (nSPS) is 11.0. The Morgan fingerprint density at radius 3 is 2.86 bits per heavy atom. The number of carbonyl (C=O) groups excluding carboxylic acids is 1. The molecule has 0 amide bonds. The maximum atomic E-state index is 12.5. The van der Waals surface area contributed by atoms with Gasteiger partial charge in [0, 0.05) is 40.8 Å². The molecule has 0 fully saturated rings. The third-order valence-corrected chi connectivity index (χ3v) is 4.84. The van der Waals surface area contributed by atoms with Crippen LogP contribution in [0, 0.1) is 13.8 Å². The highest BCUT2D eigenvalue weighted by Gasteiger charge is 2.16. The van der Waals surface area contributed by atoms with Crippen molar-refractivity contribution in [2.24, 2.45) is 0 Å². The van der Waals surface area contributed by atoms with Crippen LogP contribution in [-0.4, -0.2) is 20.1 Å². The van der Waals surface area contributed by atoms with E-state index in [-0.39, 0.29) is 5.78 Å². The predicted molar refractivity (Wildman–Crippen MR) is 88.5 cm³/mol. The minimum Gasteiger partial charge on any atom is -0.348 e. The van der Waals surface area contributed by atoms with E-state index in [0.717, 1.165) is 29.9 Å². The van der Waals surface area contributed by atoms with E-state index in [1.54, 1.807) is 22.2 Å². The highest BCUT2D eigenvalue weighted by Crippen LogP contribution is 2.18. The average Bonchev–Trinajstić information content (AvgIpc) is 3.21. The molecule has 0 saturated carbocycles. The summed E-state index contributed by atoms with van der Waals surface area (Å²) in [6.45, 7) is 5.29. The zero-order valence-electron chi connectivity index (χ0n) is 12.8. The van der Waals surface area contributed by atoms with Crippen LogP contribution in [0.4, 0.5) is 0 Å². The third-order valence-electron chi connectivity index (χ3n) is 3.90. The summed E-state index contributed by atoms with van der Waals surface area (Å²) >= 11 is 1.78. The first-order valence-corrected chi connectivity index (χ1v) is 8.23. The van der Waals surface area contributed by atoms with E-state index in [1.165, 1.54) is 4.88 Å². The first-order valence-electron chi connectivity index (χ1n) is 7.35. The summed E-state index contributed by atoms with van der Waals surface area (Å²) in [4.78, 5) is 13.8. The van der Waals surface area contributed by atoms with Crippen molar-refractivity contribution in [2.45, 2.75) is 33.4 Å². The highest BCUT2D eigenvalue weighted by atomic mass is 32.1. The van der Waals surface area contributed by atoms with Crippen molar-refractivity contribution in [3.63, 3.8) is 0 Å². The lowest BCUT2D eigenvalue weighted by Crippen LogP contribution is -2.12. The average molecular weight is 313 g/mol. The van der Waals surface area contributed by atoms with Gasteiger partial charge in [0.1, 0.15) is 6.54 Å². The van der Waals surface area contributed by atoms with Crippen LogP contribution in [0.5, 0.6) is 0 Å². The molecule has 0 aliphatic carbocycles. The third kappa shape index (κ3) is 3.04. The molecule has 0 aromatic carbocycles. The predicted octanol–water partition coefficient (Wildman–Crippen LogP) is 3.49. The van der Waals surface area contributed by atoms with E-state index in [0.29, 0.717) is 6.54 Å². The second-order valence-electron chi connectivity index (χ2n) is 5.39. The van der Waals surface area contributed by atoms with Gasteiger partial charge in [0.15, 0.2) is 5.78 Å². The zero-order chi connectivity index (χ0) is 15.5. The van der Waals surface area contributed by atoms with Crippen LogP contribution in [0.3, 0.4) is 0 Å². The Bertz CT molecular complexity index is 754. The maximum absolute atomic E-state index is 12.5. The number of rotatable bonds is 6. The SMILES string of the molecule is Cc1cc(C(=O)Cn2cccn2)c(C)n1CCc1cccs1. The van der Waals surface area contributed by atoms with E-state index in [2.05, 4.69) is 34.1 Å². The number of ketones is 1. The van der Waals surface area contributed by atoms with Gasteiger partial charge in [-0.3, -0.25) is 9.48 Å². The lowest BCUT2D eigenvalue weighted by atomic mass is 10.1. The van der Waals surface area contributed by atoms with Crippen LogP contribution in [0.1, 0.15) is 26.6 Å². The Morgan fingerprint density at radius 1 is 1.32 bits per heavy atom. The molecule has 22 heavy (non-hydrogen) atoms. The summed E-state index contributed by atoms with van der Waals surface area (Å²) in [6, 6.07) is 8.06. The standard InChI is InChI=1S/C17H19N3OS/c1-13-11-16(17(21)12-19-8-4-7-18-19)14(2)20(13)9-6-15-5-3-10-22-15/h3-5,7-8,10-11H,6,9,12H2,1-2H3. The summed E-state index contributed by atoms with van der Waals surface area (Å²) in [6.07, 6.45) is 4.51. The number of hydrogen-bond donors (Lipinski definition) is 0. The second kappa shape index (κ2) is 6.32. The Balaban J connectivity index is 1.75. The Hall–Kier alpha value is -2.14. The van der Waals surface area contributed by atoms with E-state index in [4.69, 9.17) is 0 Å². The number of Topliss-reactive ketones (excluding diaryl/α,β-unsaturated/α-hetero) is 1. The molecule has 3 heterocycles. The number of nitrogens with zero attached hydrogens (tertiary/aromatic N) is 3. The fourth-order valence-corrected chi connectivity index (χ4v) is 3.43. The van der Waals surface area contributed by atoms with Crippen LogP contribution < -0.4 is 0 Å². The van der Waals surface area contributed by atoms with Crippen LogP contribution in [0.2, 0.25) is 0 Å². The van der Waals surface area contributed by atoms with E-state index < -0.39 is 0 Å². The van der Waals surface area contributed by atoms with Gasteiger partial charge >= 0.3 is 0 Å². The smallest absolute Gasteiger partial charge is 0.186 e. The first kappa shape index (κ1) is 14.8. The fraction of sp³-hybridized carbons (Fsp3) is 0.294. The Morgan fingerprint density at radius 2 is 2.18 bits per heavy atom. The molecule has 4 nitrogen and oxygen atoms in total. The molecule has 3 rings (SSSR count). The van der Waals surface area contributed by atoms with Crippen molar-refractivity contribution in [3.8, 4) is 0 Å². The fourth-order valence-electron chi connectivity index (χ4n) is 2.73. The quantitative estimate of drug-likeness (QED) is 0.654. The van der Waals surface area contributed by atoms with Gasteiger partial charge in [0.05, 0.1) is 0 Å². The number of hydrogen-bond acceptors (Lipinski definition) is 3. The summed E-state index contributed by atoms with van der Waals surface area (Å²) in [5, 5.41) is 6.20. The van der Waals surface area contributed by atoms with Gasteiger partial charge in [-0.05, 0) is 43.8 Å². The molecule has 0 radical (unpaired) electrons. The molecule has 0 aliphatic heterocycles. The summed E-state index contributed by atoms with van der Waals surface area (Å²) < 4.78 is 3.90. The number of aryl methyl sites for hydroxylation is 2. The lowest BCUT2D eigenvalue weighted by Gasteiger charge is -2.09. The van der Waals surface area contributed by atoms with Crippen LogP contribution in [0.25, 0.3) is 0 Å². The van der Waals surface area contributed by atoms with Gasteiger partial charge in [-0.2, -0.15) is 5.10 Å². The molecule has 5 heteroatoms. The number of carbonyl (C=O) groups is 1.